The zero-order valence-corrected chi connectivity index (χ0v) is 37.6. The zero-order chi connectivity index (χ0) is 46.9. The van der Waals surface area contributed by atoms with E-state index < -0.39 is 84.1 Å². The number of amides is 5. The van der Waals surface area contributed by atoms with Crippen molar-refractivity contribution in [2.45, 2.75) is 109 Å². The summed E-state index contributed by atoms with van der Waals surface area (Å²) in [5, 5.41) is 12.7. The molecular weight excluding hydrogens is 827 g/mol. The molecule has 17 heteroatoms. The molecule has 3 atom stereocenters. The molecule has 1 aliphatic rings. The van der Waals surface area contributed by atoms with Crippen molar-refractivity contribution < 1.29 is 57.2 Å². The summed E-state index contributed by atoms with van der Waals surface area (Å²) in [4.78, 5) is 91.7. The molecule has 0 spiro atoms. The Bertz CT molecular complexity index is 2040. The Morgan fingerprint density at radius 3 is 1.83 bits per heavy atom. The van der Waals surface area contributed by atoms with Crippen molar-refractivity contribution in [3.63, 3.8) is 0 Å². The van der Waals surface area contributed by atoms with E-state index in [1.165, 1.54) is 7.11 Å². The first-order chi connectivity index (χ1) is 30.3. The van der Waals surface area contributed by atoms with Gasteiger partial charge in [-0.1, -0.05) is 78.9 Å². The topological polar surface area (TPSA) is 226 Å². The van der Waals surface area contributed by atoms with Crippen LogP contribution >= 0.6 is 0 Å². The third-order valence-electron chi connectivity index (χ3n) is 9.70. The first kappa shape index (κ1) is 50.2. The molecule has 0 bridgehead atoms. The molecule has 0 saturated carbocycles. The average molecular weight is 888 g/mol. The van der Waals surface area contributed by atoms with Crippen LogP contribution in [-0.4, -0.2) is 105 Å². The van der Waals surface area contributed by atoms with Crippen molar-refractivity contribution in [1.82, 2.24) is 26.6 Å². The van der Waals surface area contributed by atoms with Gasteiger partial charge in [-0.3, -0.25) is 19.2 Å². The maximum absolute atomic E-state index is 13.9. The van der Waals surface area contributed by atoms with Gasteiger partial charge in [0.05, 0.1) is 25.7 Å². The van der Waals surface area contributed by atoms with Gasteiger partial charge in [0.2, 0.25) is 17.7 Å². The molecule has 1 aliphatic carbocycles. The summed E-state index contributed by atoms with van der Waals surface area (Å²) in [5.74, 6) is -4.38. The van der Waals surface area contributed by atoms with Crippen molar-refractivity contribution in [2.75, 3.05) is 33.4 Å². The number of rotatable bonds is 21. The van der Waals surface area contributed by atoms with E-state index in [2.05, 4.69) is 26.6 Å². The van der Waals surface area contributed by atoms with E-state index in [1.54, 1.807) is 41.5 Å². The minimum absolute atomic E-state index is 0.00526. The van der Waals surface area contributed by atoms with E-state index in [0.717, 1.165) is 27.8 Å². The van der Waals surface area contributed by atoms with E-state index >= 15 is 0 Å². The first-order valence-electron chi connectivity index (χ1n) is 21.2. The molecule has 0 saturated heterocycles. The normalized spacial score (nSPS) is 13.4. The fraction of sp³-hybridized carbons (Fsp3) is 0.468. The number of nitrogens with one attached hydrogen (secondary N) is 5. The average Bonchev–Trinajstić information content (AvgIpc) is 3.57. The molecule has 0 aromatic heterocycles. The van der Waals surface area contributed by atoms with Crippen molar-refractivity contribution in [3.8, 4) is 11.1 Å². The van der Waals surface area contributed by atoms with Crippen LogP contribution in [0.3, 0.4) is 0 Å². The molecule has 4 rings (SSSR count). The predicted molar refractivity (Wildman–Crippen MR) is 236 cm³/mol. The highest BCUT2D eigenvalue weighted by atomic mass is 16.6. The van der Waals surface area contributed by atoms with Crippen molar-refractivity contribution in [1.29, 1.82) is 0 Å². The number of hydrogen-bond donors (Lipinski definition) is 5. The Balaban J connectivity index is 1.36. The molecule has 0 heterocycles. The van der Waals surface area contributed by atoms with Crippen molar-refractivity contribution in [3.05, 3.63) is 95.6 Å². The van der Waals surface area contributed by atoms with Crippen LogP contribution < -0.4 is 26.6 Å². The van der Waals surface area contributed by atoms with Crippen LogP contribution in [0.25, 0.3) is 11.1 Å². The van der Waals surface area contributed by atoms with Crippen LogP contribution in [0.15, 0.2) is 78.9 Å². The van der Waals surface area contributed by atoms with Crippen molar-refractivity contribution >= 4 is 41.8 Å². The van der Waals surface area contributed by atoms with Gasteiger partial charge in [-0.05, 0) is 88.6 Å². The SMILES string of the molecule is COC(=O)C(CCCCNC(=O)OCc1ccccc1)NC(=O)C(COC(C)(C)C)NC(=O)C(CC(=O)OC(C)(C)C)NC(=O)CNC(=O)OCC1c2ccccc2-c2ccccc21. The molecule has 5 amide bonds. The van der Waals surface area contributed by atoms with Gasteiger partial charge >= 0.3 is 24.1 Å². The molecule has 64 heavy (non-hydrogen) atoms. The predicted octanol–water partition coefficient (Wildman–Crippen LogP) is 4.80. The van der Waals surface area contributed by atoms with Crippen LogP contribution in [0.2, 0.25) is 0 Å². The maximum Gasteiger partial charge on any atom is 0.407 e. The van der Waals surface area contributed by atoms with Crippen molar-refractivity contribution in [2.24, 2.45) is 0 Å². The van der Waals surface area contributed by atoms with E-state index in [1.807, 2.05) is 78.9 Å². The maximum atomic E-state index is 13.9. The molecule has 3 aromatic rings. The second-order valence-electron chi connectivity index (χ2n) is 17.1. The zero-order valence-electron chi connectivity index (χ0n) is 37.6. The number of ether oxygens (including phenoxy) is 5. The lowest BCUT2D eigenvalue weighted by molar-refractivity contribution is -0.156. The molecule has 0 aliphatic heterocycles. The summed E-state index contributed by atoms with van der Waals surface area (Å²) in [6, 6.07) is 20.7. The van der Waals surface area contributed by atoms with Gasteiger partial charge in [-0.2, -0.15) is 0 Å². The number of unbranched alkanes of at least 4 members (excludes halogenated alkanes) is 1. The molecule has 5 N–H and O–H groups in total. The van der Waals surface area contributed by atoms with Crippen LogP contribution in [0.4, 0.5) is 9.59 Å². The fourth-order valence-corrected chi connectivity index (χ4v) is 6.70. The van der Waals surface area contributed by atoms with Gasteiger partial charge in [-0.15, -0.1) is 0 Å². The highest BCUT2D eigenvalue weighted by Gasteiger charge is 2.34. The van der Waals surface area contributed by atoms with Crippen LogP contribution in [0.5, 0.6) is 0 Å². The monoisotopic (exact) mass is 887 g/mol. The van der Waals surface area contributed by atoms with Crippen LogP contribution in [0.1, 0.15) is 89.8 Å². The van der Waals surface area contributed by atoms with Crippen LogP contribution in [0, 0.1) is 0 Å². The standard InChI is InChI=1S/C47H61N5O12/c1-46(2,3)63-29-38(42(56)51-36(43(57)60-7)23-15-16-24-48-44(58)61-27-30-17-9-8-10-18-30)52-41(55)37(25-40(54)64-47(4,5)6)50-39(53)26-49-45(59)62-28-35-33-21-13-11-19-31(33)32-20-12-14-22-34(32)35/h8-14,17-22,35-38H,15-16,23-29H2,1-7H3,(H,48,58)(H,49,59)(H,50,53)(H,51,56)(H,52,55). The minimum atomic E-state index is -1.57. The number of hydrogen-bond acceptors (Lipinski definition) is 12. The Labute approximate surface area is 374 Å². The van der Waals surface area contributed by atoms with Gasteiger partial charge in [0.25, 0.3) is 0 Å². The summed E-state index contributed by atoms with van der Waals surface area (Å²) in [6.07, 6.45) is -1.19. The summed E-state index contributed by atoms with van der Waals surface area (Å²) < 4.78 is 26.9. The number of carbonyl (C=O) groups is 7. The van der Waals surface area contributed by atoms with Gasteiger partial charge in [-0.25, -0.2) is 14.4 Å². The van der Waals surface area contributed by atoms with E-state index in [0.29, 0.717) is 12.8 Å². The van der Waals surface area contributed by atoms with Gasteiger partial charge in [0.1, 0.15) is 43.5 Å². The molecule has 3 unspecified atom stereocenters. The molecule has 17 nitrogen and oxygen atoms in total. The highest BCUT2D eigenvalue weighted by Crippen LogP contribution is 2.44. The Morgan fingerprint density at radius 1 is 0.641 bits per heavy atom. The quantitative estimate of drug-likeness (QED) is 0.0553. The lowest BCUT2D eigenvalue weighted by Crippen LogP contribution is -2.58. The van der Waals surface area contributed by atoms with Gasteiger partial charge in [0, 0.05) is 12.5 Å². The minimum Gasteiger partial charge on any atom is -0.467 e. The number of esters is 2. The second-order valence-corrected chi connectivity index (χ2v) is 17.1. The summed E-state index contributed by atoms with van der Waals surface area (Å²) in [6.45, 7) is 9.49. The number of benzene rings is 3. The molecule has 3 aromatic carbocycles. The summed E-state index contributed by atoms with van der Waals surface area (Å²) in [7, 11) is 1.17. The fourth-order valence-electron chi connectivity index (χ4n) is 6.70. The second kappa shape index (κ2) is 23.8. The first-order valence-corrected chi connectivity index (χ1v) is 21.2. The number of alkyl carbamates (subject to hydrolysis) is 2. The van der Waals surface area contributed by atoms with Crippen LogP contribution in [-0.2, 0) is 54.3 Å². The number of methoxy groups -OCH3 is 1. The lowest BCUT2D eigenvalue weighted by Gasteiger charge is -2.28. The summed E-state index contributed by atoms with van der Waals surface area (Å²) >= 11 is 0. The van der Waals surface area contributed by atoms with E-state index in [-0.39, 0.29) is 38.7 Å². The highest BCUT2D eigenvalue weighted by molar-refractivity contribution is 5.96. The van der Waals surface area contributed by atoms with E-state index in [4.69, 9.17) is 23.7 Å². The molecule has 0 fully saturated rings. The molecule has 0 radical (unpaired) electrons. The number of fused-ring (bicyclic) bond motifs is 3. The number of carbonyl (C=O) groups excluding carboxylic acids is 7. The third-order valence-corrected chi connectivity index (χ3v) is 9.70. The summed E-state index contributed by atoms with van der Waals surface area (Å²) in [5.41, 5.74) is 3.25. The Hall–Kier alpha value is -6.49. The van der Waals surface area contributed by atoms with Gasteiger partial charge < -0.3 is 50.3 Å². The van der Waals surface area contributed by atoms with E-state index in [9.17, 15) is 33.6 Å². The smallest absolute Gasteiger partial charge is 0.407 e. The Kier molecular flexibility index (Phi) is 18.7. The molecule has 346 valence electrons. The largest absolute Gasteiger partial charge is 0.467 e. The third kappa shape index (κ3) is 16.7. The lowest BCUT2D eigenvalue weighted by atomic mass is 9.98. The molecular formula is C47H61N5O12. The van der Waals surface area contributed by atoms with Gasteiger partial charge in [0.15, 0.2) is 0 Å². The Morgan fingerprint density at radius 2 is 1.22 bits per heavy atom.